The summed E-state index contributed by atoms with van der Waals surface area (Å²) in [6.45, 7) is 2.42. The monoisotopic (exact) mass is 267 g/mol. The van der Waals surface area contributed by atoms with Crippen LogP contribution in [-0.2, 0) is 13.7 Å². The quantitative estimate of drug-likeness (QED) is 0.742. The molecule has 0 spiro atoms. The van der Waals surface area contributed by atoms with Gasteiger partial charge < -0.3 is 10.5 Å². The van der Waals surface area contributed by atoms with E-state index < -0.39 is 0 Å². The van der Waals surface area contributed by atoms with E-state index in [4.69, 9.17) is 10.5 Å². The lowest BCUT2D eigenvalue weighted by atomic mass is 10.2. The standard InChI is InChI=1S/C16H17N3O/c1-11-7-8-16(13(17)9-11)20-10-14-12-5-3-4-6-15(12)19(2)18-14/h3-9H,10,17H2,1-2H3. The summed E-state index contributed by atoms with van der Waals surface area (Å²) >= 11 is 0. The molecule has 0 saturated carbocycles. The maximum atomic E-state index is 5.95. The molecule has 1 aromatic heterocycles. The number of anilines is 1. The van der Waals surface area contributed by atoms with E-state index in [2.05, 4.69) is 11.2 Å². The van der Waals surface area contributed by atoms with Gasteiger partial charge in [-0.3, -0.25) is 4.68 Å². The second kappa shape index (κ2) is 4.89. The zero-order valence-corrected chi connectivity index (χ0v) is 11.6. The van der Waals surface area contributed by atoms with Gasteiger partial charge in [-0.1, -0.05) is 24.3 Å². The predicted molar refractivity (Wildman–Crippen MR) is 80.6 cm³/mol. The summed E-state index contributed by atoms with van der Waals surface area (Å²) in [5.74, 6) is 0.699. The number of para-hydroxylation sites is 1. The third kappa shape index (κ3) is 2.20. The van der Waals surface area contributed by atoms with Gasteiger partial charge in [0, 0.05) is 12.4 Å². The highest BCUT2D eigenvalue weighted by Crippen LogP contribution is 2.24. The first-order valence-electron chi connectivity index (χ1n) is 6.54. The first-order chi connectivity index (χ1) is 9.65. The molecule has 4 heteroatoms. The molecular weight excluding hydrogens is 250 g/mol. The van der Waals surface area contributed by atoms with Crippen LogP contribution in [-0.4, -0.2) is 9.78 Å². The van der Waals surface area contributed by atoms with Gasteiger partial charge in [0.25, 0.3) is 0 Å². The van der Waals surface area contributed by atoms with Gasteiger partial charge in [-0.2, -0.15) is 5.10 Å². The molecule has 0 aliphatic heterocycles. The fraction of sp³-hybridized carbons (Fsp3) is 0.188. The Morgan fingerprint density at radius 1 is 1.20 bits per heavy atom. The molecule has 0 bridgehead atoms. The Morgan fingerprint density at radius 2 is 2.00 bits per heavy atom. The van der Waals surface area contributed by atoms with E-state index in [1.165, 1.54) is 0 Å². The summed E-state index contributed by atoms with van der Waals surface area (Å²) in [7, 11) is 1.94. The molecule has 0 aliphatic rings. The van der Waals surface area contributed by atoms with Crippen molar-refractivity contribution in [2.45, 2.75) is 13.5 Å². The van der Waals surface area contributed by atoms with Crippen molar-refractivity contribution in [2.24, 2.45) is 7.05 Å². The van der Waals surface area contributed by atoms with E-state index >= 15 is 0 Å². The number of aryl methyl sites for hydroxylation is 2. The number of hydrogen-bond donors (Lipinski definition) is 1. The van der Waals surface area contributed by atoms with Crippen LogP contribution < -0.4 is 10.5 Å². The molecule has 3 aromatic rings. The third-order valence-electron chi connectivity index (χ3n) is 3.36. The smallest absolute Gasteiger partial charge is 0.142 e. The minimum absolute atomic E-state index is 0.411. The SMILES string of the molecule is Cc1ccc(OCc2nn(C)c3ccccc23)c(N)c1. The summed E-state index contributed by atoms with van der Waals surface area (Å²) in [5.41, 5.74) is 9.75. The molecule has 0 atom stereocenters. The van der Waals surface area contributed by atoms with Crippen LogP contribution in [0.2, 0.25) is 0 Å². The zero-order valence-electron chi connectivity index (χ0n) is 11.6. The maximum absolute atomic E-state index is 5.95. The van der Waals surface area contributed by atoms with E-state index in [1.54, 1.807) is 0 Å². The largest absolute Gasteiger partial charge is 0.485 e. The van der Waals surface area contributed by atoms with Gasteiger partial charge >= 0.3 is 0 Å². The number of fused-ring (bicyclic) bond motifs is 1. The van der Waals surface area contributed by atoms with Crippen LogP contribution in [0.5, 0.6) is 5.75 Å². The normalized spacial score (nSPS) is 10.9. The van der Waals surface area contributed by atoms with Crippen molar-refractivity contribution in [2.75, 3.05) is 5.73 Å². The van der Waals surface area contributed by atoms with Crippen molar-refractivity contribution in [1.29, 1.82) is 0 Å². The van der Waals surface area contributed by atoms with Crippen LogP contribution in [0.15, 0.2) is 42.5 Å². The van der Waals surface area contributed by atoms with Gasteiger partial charge in [0.05, 0.1) is 11.2 Å². The van der Waals surface area contributed by atoms with E-state index in [0.717, 1.165) is 22.2 Å². The molecule has 4 nitrogen and oxygen atoms in total. The Balaban J connectivity index is 1.87. The van der Waals surface area contributed by atoms with Crippen molar-refractivity contribution in [3.8, 4) is 5.75 Å². The van der Waals surface area contributed by atoms with Crippen LogP contribution in [0.25, 0.3) is 10.9 Å². The summed E-state index contributed by atoms with van der Waals surface area (Å²) in [5, 5.41) is 5.61. The van der Waals surface area contributed by atoms with Gasteiger partial charge in [-0.25, -0.2) is 0 Å². The average molecular weight is 267 g/mol. The fourth-order valence-corrected chi connectivity index (χ4v) is 2.34. The Labute approximate surface area is 117 Å². The number of nitrogens with zero attached hydrogens (tertiary/aromatic N) is 2. The molecule has 2 N–H and O–H groups in total. The van der Waals surface area contributed by atoms with E-state index in [1.807, 2.05) is 55.1 Å². The Kier molecular flexibility index (Phi) is 3.06. The zero-order chi connectivity index (χ0) is 14.1. The molecule has 0 radical (unpaired) electrons. The number of rotatable bonds is 3. The van der Waals surface area contributed by atoms with Crippen LogP contribution >= 0.6 is 0 Å². The molecule has 3 rings (SSSR count). The lowest BCUT2D eigenvalue weighted by Gasteiger charge is -2.08. The van der Waals surface area contributed by atoms with Gasteiger partial charge in [0.15, 0.2) is 0 Å². The molecule has 102 valence electrons. The van der Waals surface area contributed by atoms with E-state index in [-0.39, 0.29) is 0 Å². The van der Waals surface area contributed by atoms with E-state index in [9.17, 15) is 0 Å². The predicted octanol–water partition coefficient (Wildman–Crippen LogP) is 3.04. The molecule has 0 unspecified atom stereocenters. The molecule has 2 aromatic carbocycles. The molecular formula is C16H17N3O. The molecule has 0 fully saturated rings. The number of aromatic nitrogens is 2. The second-order valence-electron chi connectivity index (χ2n) is 4.92. The second-order valence-corrected chi connectivity index (χ2v) is 4.92. The lowest BCUT2D eigenvalue weighted by Crippen LogP contribution is -2.00. The molecule has 0 saturated heterocycles. The van der Waals surface area contributed by atoms with Crippen LogP contribution in [0, 0.1) is 6.92 Å². The van der Waals surface area contributed by atoms with Gasteiger partial charge in [-0.15, -0.1) is 0 Å². The summed E-state index contributed by atoms with van der Waals surface area (Å²) in [6.07, 6.45) is 0. The first-order valence-corrected chi connectivity index (χ1v) is 6.54. The average Bonchev–Trinajstić information content (AvgIpc) is 2.75. The number of ether oxygens (including phenoxy) is 1. The van der Waals surface area contributed by atoms with Crippen molar-refractivity contribution in [3.05, 3.63) is 53.7 Å². The Hall–Kier alpha value is -2.49. The number of hydrogen-bond acceptors (Lipinski definition) is 3. The Bertz CT molecular complexity index is 762. The fourth-order valence-electron chi connectivity index (χ4n) is 2.34. The third-order valence-corrected chi connectivity index (χ3v) is 3.36. The van der Waals surface area contributed by atoms with Crippen molar-refractivity contribution in [3.63, 3.8) is 0 Å². The molecule has 1 heterocycles. The number of nitrogens with two attached hydrogens (primary N) is 1. The topological polar surface area (TPSA) is 53.1 Å². The molecule has 0 amide bonds. The highest BCUT2D eigenvalue weighted by Gasteiger charge is 2.09. The van der Waals surface area contributed by atoms with E-state index in [0.29, 0.717) is 18.0 Å². The van der Waals surface area contributed by atoms with Crippen molar-refractivity contribution in [1.82, 2.24) is 9.78 Å². The van der Waals surface area contributed by atoms with Gasteiger partial charge in [0.2, 0.25) is 0 Å². The van der Waals surface area contributed by atoms with Crippen LogP contribution in [0.1, 0.15) is 11.3 Å². The maximum Gasteiger partial charge on any atom is 0.142 e. The van der Waals surface area contributed by atoms with Gasteiger partial charge in [-0.05, 0) is 30.7 Å². The number of benzene rings is 2. The summed E-state index contributed by atoms with van der Waals surface area (Å²) < 4.78 is 7.67. The highest BCUT2D eigenvalue weighted by atomic mass is 16.5. The number of nitrogen functional groups attached to an aromatic ring is 1. The highest BCUT2D eigenvalue weighted by molar-refractivity contribution is 5.81. The first kappa shape index (κ1) is 12.5. The minimum atomic E-state index is 0.411. The Morgan fingerprint density at radius 3 is 2.80 bits per heavy atom. The molecule has 0 aliphatic carbocycles. The van der Waals surface area contributed by atoms with Gasteiger partial charge in [0.1, 0.15) is 18.1 Å². The van der Waals surface area contributed by atoms with Crippen molar-refractivity contribution < 1.29 is 4.74 Å². The summed E-state index contributed by atoms with van der Waals surface area (Å²) in [6, 6.07) is 13.9. The van der Waals surface area contributed by atoms with Crippen LogP contribution in [0.3, 0.4) is 0 Å². The van der Waals surface area contributed by atoms with Crippen molar-refractivity contribution >= 4 is 16.6 Å². The summed E-state index contributed by atoms with van der Waals surface area (Å²) in [4.78, 5) is 0. The van der Waals surface area contributed by atoms with Crippen LogP contribution in [0.4, 0.5) is 5.69 Å². The lowest BCUT2D eigenvalue weighted by molar-refractivity contribution is 0.303. The minimum Gasteiger partial charge on any atom is -0.485 e. The molecule has 20 heavy (non-hydrogen) atoms.